The topological polar surface area (TPSA) is 63.3 Å². The Balaban J connectivity index is 2.30. The molecule has 0 aromatic heterocycles. The van der Waals surface area contributed by atoms with Crippen molar-refractivity contribution in [2.24, 2.45) is 5.73 Å². The fourth-order valence-corrected chi connectivity index (χ4v) is 1.77. The fourth-order valence-electron chi connectivity index (χ4n) is 1.77. The van der Waals surface area contributed by atoms with E-state index in [9.17, 15) is 4.79 Å². The standard InChI is InChI=1S/C13H19NO2/c1-10-5-2-3-6-11(10)7-4-8-12(14)9-13(15)16/h2-3,5-6,12H,4,7-9,14H2,1H3,(H,15,16). The average Bonchev–Trinajstić information content (AvgIpc) is 2.19. The normalized spacial score (nSPS) is 12.4. The van der Waals surface area contributed by atoms with Crippen molar-refractivity contribution in [1.29, 1.82) is 0 Å². The SMILES string of the molecule is Cc1ccccc1CCCC(N)CC(=O)O. The Morgan fingerprint density at radius 2 is 2.12 bits per heavy atom. The van der Waals surface area contributed by atoms with Crippen molar-refractivity contribution in [3.63, 3.8) is 0 Å². The number of carboxylic acid groups (broad SMARTS) is 1. The van der Waals surface area contributed by atoms with Crippen molar-refractivity contribution in [2.75, 3.05) is 0 Å². The molecule has 1 unspecified atom stereocenters. The summed E-state index contributed by atoms with van der Waals surface area (Å²) in [6, 6.07) is 8.03. The minimum Gasteiger partial charge on any atom is -0.481 e. The van der Waals surface area contributed by atoms with E-state index in [1.54, 1.807) is 0 Å². The van der Waals surface area contributed by atoms with Crippen LogP contribution in [-0.4, -0.2) is 17.1 Å². The van der Waals surface area contributed by atoms with E-state index in [0.29, 0.717) is 0 Å². The third kappa shape index (κ3) is 4.45. The summed E-state index contributed by atoms with van der Waals surface area (Å²) in [6.45, 7) is 2.09. The number of hydrogen-bond donors (Lipinski definition) is 2. The van der Waals surface area contributed by atoms with Gasteiger partial charge in [-0.25, -0.2) is 0 Å². The molecule has 0 aliphatic carbocycles. The molecule has 0 aliphatic heterocycles. The Morgan fingerprint density at radius 3 is 2.75 bits per heavy atom. The zero-order valence-corrected chi connectivity index (χ0v) is 9.65. The maximum absolute atomic E-state index is 10.4. The van der Waals surface area contributed by atoms with Crippen LogP contribution in [0.25, 0.3) is 0 Å². The van der Waals surface area contributed by atoms with Gasteiger partial charge in [0.2, 0.25) is 0 Å². The summed E-state index contributed by atoms with van der Waals surface area (Å²) in [5, 5.41) is 8.56. The molecular weight excluding hydrogens is 202 g/mol. The lowest BCUT2D eigenvalue weighted by molar-refractivity contribution is -0.137. The van der Waals surface area contributed by atoms with Gasteiger partial charge in [0.15, 0.2) is 0 Å². The van der Waals surface area contributed by atoms with Crippen molar-refractivity contribution in [3.05, 3.63) is 35.4 Å². The number of aliphatic carboxylic acids is 1. The fraction of sp³-hybridized carbons (Fsp3) is 0.462. The maximum atomic E-state index is 10.4. The molecule has 1 aromatic carbocycles. The molecule has 3 heteroatoms. The highest BCUT2D eigenvalue weighted by Crippen LogP contribution is 2.11. The van der Waals surface area contributed by atoms with Gasteiger partial charge in [-0.3, -0.25) is 4.79 Å². The molecule has 0 heterocycles. The van der Waals surface area contributed by atoms with Gasteiger partial charge in [-0.05, 0) is 37.3 Å². The summed E-state index contributed by atoms with van der Waals surface area (Å²) < 4.78 is 0. The number of rotatable bonds is 6. The first-order valence-corrected chi connectivity index (χ1v) is 5.61. The number of nitrogens with two attached hydrogens (primary N) is 1. The van der Waals surface area contributed by atoms with E-state index in [2.05, 4.69) is 19.1 Å². The first-order chi connectivity index (χ1) is 7.59. The number of carboxylic acids is 1. The third-order valence-corrected chi connectivity index (χ3v) is 2.72. The lowest BCUT2D eigenvalue weighted by Crippen LogP contribution is -2.23. The Bertz CT molecular complexity index is 350. The van der Waals surface area contributed by atoms with Crippen molar-refractivity contribution in [3.8, 4) is 0 Å². The second-order valence-electron chi connectivity index (χ2n) is 4.18. The van der Waals surface area contributed by atoms with Crippen molar-refractivity contribution < 1.29 is 9.90 Å². The highest BCUT2D eigenvalue weighted by Gasteiger charge is 2.07. The van der Waals surface area contributed by atoms with Crippen LogP contribution in [0.4, 0.5) is 0 Å². The van der Waals surface area contributed by atoms with E-state index in [-0.39, 0.29) is 12.5 Å². The van der Waals surface area contributed by atoms with Crippen molar-refractivity contribution >= 4 is 5.97 Å². The van der Waals surface area contributed by atoms with E-state index in [4.69, 9.17) is 10.8 Å². The summed E-state index contributed by atoms with van der Waals surface area (Å²) in [5.74, 6) is -0.816. The van der Waals surface area contributed by atoms with Crippen LogP contribution < -0.4 is 5.73 Å². The zero-order chi connectivity index (χ0) is 12.0. The van der Waals surface area contributed by atoms with Gasteiger partial charge < -0.3 is 10.8 Å². The first-order valence-electron chi connectivity index (χ1n) is 5.61. The molecule has 0 spiro atoms. The third-order valence-electron chi connectivity index (χ3n) is 2.72. The second kappa shape index (κ2) is 6.28. The Kier molecular flexibility index (Phi) is 4.99. The van der Waals surface area contributed by atoms with Gasteiger partial charge in [-0.2, -0.15) is 0 Å². The molecule has 3 N–H and O–H groups in total. The summed E-state index contributed by atoms with van der Waals surface area (Å²) in [6.07, 6.45) is 2.74. The highest BCUT2D eigenvalue weighted by molar-refractivity contribution is 5.67. The molecule has 1 aromatic rings. The van der Waals surface area contributed by atoms with Crippen LogP contribution in [0.5, 0.6) is 0 Å². The predicted octanol–water partition coefficient (Wildman–Crippen LogP) is 2.12. The van der Waals surface area contributed by atoms with E-state index in [1.807, 2.05) is 12.1 Å². The number of carbonyl (C=O) groups is 1. The number of aryl methyl sites for hydroxylation is 2. The van der Waals surface area contributed by atoms with Crippen LogP contribution in [0.2, 0.25) is 0 Å². The van der Waals surface area contributed by atoms with Crippen LogP contribution in [-0.2, 0) is 11.2 Å². The van der Waals surface area contributed by atoms with Gasteiger partial charge in [0.05, 0.1) is 6.42 Å². The molecule has 0 bridgehead atoms. The van der Waals surface area contributed by atoms with Gasteiger partial charge in [-0.15, -0.1) is 0 Å². The van der Waals surface area contributed by atoms with Crippen LogP contribution >= 0.6 is 0 Å². The van der Waals surface area contributed by atoms with Gasteiger partial charge in [-0.1, -0.05) is 24.3 Å². The molecule has 1 atom stereocenters. The van der Waals surface area contributed by atoms with E-state index < -0.39 is 5.97 Å². The van der Waals surface area contributed by atoms with E-state index >= 15 is 0 Å². The number of benzene rings is 1. The molecule has 0 aliphatic rings. The molecule has 3 nitrogen and oxygen atoms in total. The minimum atomic E-state index is -0.816. The maximum Gasteiger partial charge on any atom is 0.304 e. The van der Waals surface area contributed by atoms with Crippen molar-refractivity contribution in [1.82, 2.24) is 0 Å². The van der Waals surface area contributed by atoms with Crippen LogP contribution in [0.15, 0.2) is 24.3 Å². The molecule has 16 heavy (non-hydrogen) atoms. The molecule has 88 valence electrons. The van der Waals surface area contributed by atoms with Crippen LogP contribution in [0.1, 0.15) is 30.4 Å². The van der Waals surface area contributed by atoms with E-state index in [1.165, 1.54) is 11.1 Å². The molecule has 0 saturated heterocycles. The monoisotopic (exact) mass is 221 g/mol. The average molecular weight is 221 g/mol. The molecule has 1 rings (SSSR count). The smallest absolute Gasteiger partial charge is 0.304 e. The summed E-state index contributed by atoms with van der Waals surface area (Å²) in [7, 11) is 0. The molecular formula is C13H19NO2. The van der Waals surface area contributed by atoms with Crippen molar-refractivity contribution in [2.45, 2.75) is 38.6 Å². The Labute approximate surface area is 96.3 Å². The predicted molar refractivity (Wildman–Crippen MR) is 64.3 cm³/mol. The number of hydrogen-bond acceptors (Lipinski definition) is 2. The van der Waals surface area contributed by atoms with Gasteiger partial charge in [0.1, 0.15) is 0 Å². The van der Waals surface area contributed by atoms with Crippen LogP contribution in [0.3, 0.4) is 0 Å². The molecule has 0 fully saturated rings. The lowest BCUT2D eigenvalue weighted by Gasteiger charge is -2.09. The summed E-state index contributed by atoms with van der Waals surface area (Å²) in [5.41, 5.74) is 8.31. The van der Waals surface area contributed by atoms with Gasteiger partial charge >= 0.3 is 5.97 Å². The largest absolute Gasteiger partial charge is 0.481 e. The second-order valence-corrected chi connectivity index (χ2v) is 4.18. The Hall–Kier alpha value is -1.35. The summed E-state index contributed by atoms with van der Waals surface area (Å²) >= 11 is 0. The Morgan fingerprint density at radius 1 is 1.44 bits per heavy atom. The summed E-state index contributed by atoms with van der Waals surface area (Å²) in [4.78, 5) is 10.4. The first kappa shape index (κ1) is 12.7. The van der Waals surface area contributed by atoms with Gasteiger partial charge in [0.25, 0.3) is 0 Å². The highest BCUT2D eigenvalue weighted by atomic mass is 16.4. The van der Waals surface area contributed by atoms with E-state index in [0.717, 1.165) is 19.3 Å². The minimum absolute atomic E-state index is 0.0633. The molecule has 0 radical (unpaired) electrons. The molecule has 0 amide bonds. The quantitative estimate of drug-likeness (QED) is 0.773. The lowest BCUT2D eigenvalue weighted by atomic mass is 10.0. The zero-order valence-electron chi connectivity index (χ0n) is 9.65. The van der Waals surface area contributed by atoms with Gasteiger partial charge in [0, 0.05) is 6.04 Å². The molecule has 0 saturated carbocycles. The van der Waals surface area contributed by atoms with Crippen LogP contribution in [0, 0.1) is 6.92 Å².